The van der Waals surface area contributed by atoms with Crippen LogP contribution in [-0.2, 0) is 0 Å². The number of hydrogen-bond donors (Lipinski definition) is 2. The third-order valence-corrected chi connectivity index (χ3v) is 6.06. The molecule has 1 aliphatic rings. The van der Waals surface area contributed by atoms with Gasteiger partial charge in [0.05, 0.1) is 7.11 Å². The molecule has 2 N–H and O–H groups in total. The molecular weight excluding hydrogens is 495 g/mol. The van der Waals surface area contributed by atoms with Gasteiger partial charge in [0.2, 0.25) is 0 Å². The lowest BCUT2D eigenvalue weighted by molar-refractivity contribution is 0.125. The molecule has 0 bridgehead atoms. The fourth-order valence-electron chi connectivity index (χ4n) is 3.91. The van der Waals surface area contributed by atoms with Crippen molar-refractivity contribution in [1.82, 2.24) is 15.5 Å². The van der Waals surface area contributed by atoms with E-state index in [0.29, 0.717) is 12.0 Å². The monoisotopic (exact) mass is 534 g/mol. The summed E-state index contributed by atoms with van der Waals surface area (Å²) >= 11 is 1.91. The summed E-state index contributed by atoms with van der Waals surface area (Å²) < 4.78 is 5.32. The standard InChI is InChI=1S/C22H38N4OS.HI/c1-5-23-22(24-14-6-7-16-28-4)25-17-19-9-8-15-26(2)21(19)18-10-12-20(27-3)13-11-18;/h10-13,19,21H,5-9,14-17H2,1-4H3,(H2,23,24,25);1H. The number of ether oxygens (including phenoxy) is 1. The van der Waals surface area contributed by atoms with Crippen LogP contribution in [0.3, 0.4) is 0 Å². The van der Waals surface area contributed by atoms with Crippen molar-refractivity contribution in [2.45, 2.75) is 38.6 Å². The van der Waals surface area contributed by atoms with Gasteiger partial charge in [0, 0.05) is 25.7 Å². The number of rotatable bonds is 10. The maximum atomic E-state index is 5.32. The first kappa shape index (κ1) is 26.4. The fourth-order valence-corrected chi connectivity index (χ4v) is 4.40. The third-order valence-electron chi connectivity index (χ3n) is 5.36. The summed E-state index contributed by atoms with van der Waals surface area (Å²) in [7, 11) is 3.95. The summed E-state index contributed by atoms with van der Waals surface area (Å²) in [4.78, 5) is 7.42. The summed E-state index contributed by atoms with van der Waals surface area (Å²) in [5.41, 5.74) is 1.36. The second-order valence-corrected chi connectivity index (χ2v) is 8.43. The van der Waals surface area contributed by atoms with Crippen molar-refractivity contribution < 1.29 is 4.74 Å². The zero-order valence-corrected chi connectivity index (χ0v) is 21.6. The predicted octanol–water partition coefficient (Wildman–Crippen LogP) is 4.39. The molecule has 5 nitrogen and oxygen atoms in total. The van der Waals surface area contributed by atoms with Crippen molar-refractivity contribution in [2.24, 2.45) is 10.9 Å². The number of hydrogen-bond acceptors (Lipinski definition) is 4. The van der Waals surface area contributed by atoms with Gasteiger partial charge < -0.3 is 15.4 Å². The van der Waals surface area contributed by atoms with E-state index in [1.807, 2.05) is 11.8 Å². The van der Waals surface area contributed by atoms with Crippen molar-refractivity contribution >= 4 is 41.7 Å². The van der Waals surface area contributed by atoms with E-state index in [9.17, 15) is 0 Å². The molecule has 7 heteroatoms. The molecule has 29 heavy (non-hydrogen) atoms. The van der Waals surface area contributed by atoms with Crippen LogP contribution in [0.25, 0.3) is 0 Å². The van der Waals surface area contributed by atoms with Gasteiger partial charge in [-0.05, 0) is 81.8 Å². The lowest BCUT2D eigenvalue weighted by atomic mass is 9.85. The van der Waals surface area contributed by atoms with Crippen LogP contribution in [0, 0.1) is 5.92 Å². The maximum Gasteiger partial charge on any atom is 0.191 e. The molecule has 0 saturated carbocycles. The van der Waals surface area contributed by atoms with Gasteiger partial charge >= 0.3 is 0 Å². The zero-order chi connectivity index (χ0) is 20.2. The van der Waals surface area contributed by atoms with Gasteiger partial charge in [0.15, 0.2) is 5.96 Å². The highest BCUT2D eigenvalue weighted by Gasteiger charge is 2.30. The van der Waals surface area contributed by atoms with Gasteiger partial charge in [-0.1, -0.05) is 12.1 Å². The first-order valence-electron chi connectivity index (χ1n) is 10.5. The minimum Gasteiger partial charge on any atom is -0.497 e. The normalized spacial score (nSPS) is 20.1. The number of likely N-dealkylation sites (tertiary alicyclic amines) is 1. The summed E-state index contributed by atoms with van der Waals surface area (Å²) in [6, 6.07) is 8.96. The number of piperidine rings is 1. The summed E-state index contributed by atoms with van der Waals surface area (Å²) in [6.45, 7) is 5.99. The molecule has 166 valence electrons. The largest absolute Gasteiger partial charge is 0.497 e. The molecular formula is C22H39IN4OS. The Bertz CT molecular complexity index is 585. The molecule has 1 aromatic carbocycles. The van der Waals surface area contributed by atoms with Gasteiger partial charge in [-0.25, -0.2) is 0 Å². The molecule has 1 aliphatic heterocycles. The number of halogens is 1. The number of methoxy groups -OCH3 is 1. The highest BCUT2D eigenvalue weighted by Crippen LogP contribution is 2.35. The van der Waals surface area contributed by atoms with E-state index in [2.05, 4.69) is 60.0 Å². The quantitative estimate of drug-likeness (QED) is 0.202. The van der Waals surface area contributed by atoms with Crippen LogP contribution in [0.15, 0.2) is 29.3 Å². The Hall–Kier alpha value is -0.670. The second-order valence-electron chi connectivity index (χ2n) is 7.45. The second kappa shape index (κ2) is 15.2. The smallest absolute Gasteiger partial charge is 0.191 e. The van der Waals surface area contributed by atoms with Crippen molar-refractivity contribution in [3.8, 4) is 5.75 Å². The van der Waals surface area contributed by atoms with Crippen LogP contribution < -0.4 is 15.4 Å². The zero-order valence-electron chi connectivity index (χ0n) is 18.4. The minimum atomic E-state index is 0. The van der Waals surface area contributed by atoms with Crippen molar-refractivity contribution in [2.75, 3.05) is 52.3 Å². The number of nitrogens with one attached hydrogen (secondary N) is 2. The number of thioether (sulfide) groups is 1. The summed E-state index contributed by atoms with van der Waals surface area (Å²) in [5.74, 6) is 3.62. The molecule has 0 aromatic heterocycles. The molecule has 0 aliphatic carbocycles. The Morgan fingerprint density at radius 1 is 1.24 bits per heavy atom. The number of unbranched alkanes of at least 4 members (excludes halogenated alkanes) is 1. The highest BCUT2D eigenvalue weighted by molar-refractivity contribution is 14.0. The number of nitrogens with zero attached hydrogens (tertiary/aromatic N) is 2. The van der Waals surface area contributed by atoms with Gasteiger partial charge in [-0.2, -0.15) is 11.8 Å². The van der Waals surface area contributed by atoms with E-state index in [0.717, 1.165) is 37.9 Å². The maximum absolute atomic E-state index is 5.32. The predicted molar refractivity (Wildman–Crippen MR) is 138 cm³/mol. The lowest BCUT2D eigenvalue weighted by Gasteiger charge is -2.39. The van der Waals surface area contributed by atoms with Crippen LogP contribution in [0.4, 0.5) is 0 Å². The van der Waals surface area contributed by atoms with E-state index in [-0.39, 0.29) is 24.0 Å². The first-order valence-corrected chi connectivity index (χ1v) is 11.9. The van der Waals surface area contributed by atoms with Crippen LogP contribution in [0.2, 0.25) is 0 Å². The van der Waals surface area contributed by atoms with Gasteiger partial charge in [-0.3, -0.25) is 9.89 Å². The molecule has 1 aromatic rings. The first-order chi connectivity index (χ1) is 13.7. The average Bonchev–Trinajstić information content (AvgIpc) is 2.72. The van der Waals surface area contributed by atoms with Gasteiger partial charge in [-0.15, -0.1) is 24.0 Å². The van der Waals surface area contributed by atoms with E-state index < -0.39 is 0 Å². The Labute approximate surface area is 198 Å². The summed E-state index contributed by atoms with van der Waals surface area (Å²) in [6.07, 6.45) is 7.06. The van der Waals surface area contributed by atoms with Gasteiger partial charge in [0.1, 0.15) is 5.75 Å². The topological polar surface area (TPSA) is 48.9 Å². The molecule has 1 heterocycles. The SMILES string of the molecule is CCNC(=NCC1CCCN(C)C1c1ccc(OC)cc1)NCCCCSC.I. The van der Waals surface area contributed by atoms with Crippen molar-refractivity contribution in [1.29, 1.82) is 0 Å². The minimum absolute atomic E-state index is 0. The Kier molecular flexibility index (Phi) is 13.8. The van der Waals surface area contributed by atoms with Crippen molar-refractivity contribution in [3.05, 3.63) is 29.8 Å². The number of benzene rings is 1. The van der Waals surface area contributed by atoms with Crippen LogP contribution >= 0.6 is 35.7 Å². The van der Waals surface area contributed by atoms with Crippen LogP contribution in [-0.4, -0.2) is 63.2 Å². The van der Waals surface area contributed by atoms with Gasteiger partial charge in [0.25, 0.3) is 0 Å². The molecule has 0 amide bonds. The van der Waals surface area contributed by atoms with E-state index in [1.54, 1.807) is 7.11 Å². The Morgan fingerprint density at radius 3 is 2.66 bits per heavy atom. The molecule has 0 radical (unpaired) electrons. The van der Waals surface area contributed by atoms with Crippen molar-refractivity contribution in [3.63, 3.8) is 0 Å². The summed E-state index contributed by atoms with van der Waals surface area (Å²) in [5, 5.41) is 6.90. The average molecular weight is 535 g/mol. The Balaban J connectivity index is 0.00000420. The lowest BCUT2D eigenvalue weighted by Crippen LogP contribution is -2.40. The van der Waals surface area contributed by atoms with E-state index in [1.165, 1.54) is 37.0 Å². The molecule has 2 rings (SSSR count). The molecule has 1 saturated heterocycles. The third kappa shape index (κ3) is 8.92. The molecule has 2 atom stereocenters. The van der Waals surface area contributed by atoms with E-state index >= 15 is 0 Å². The highest BCUT2D eigenvalue weighted by atomic mass is 127. The Morgan fingerprint density at radius 2 is 2.00 bits per heavy atom. The van der Waals surface area contributed by atoms with E-state index in [4.69, 9.17) is 9.73 Å². The number of guanidine groups is 1. The fraction of sp³-hybridized carbons (Fsp3) is 0.682. The molecule has 0 spiro atoms. The molecule has 2 unspecified atom stereocenters. The number of aliphatic imine (C=N–C) groups is 1. The van der Waals surface area contributed by atoms with Crippen LogP contribution in [0.1, 0.15) is 44.2 Å². The van der Waals surface area contributed by atoms with Crippen LogP contribution in [0.5, 0.6) is 5.75 Å². The molecule has 1 fully saturated rings.